The number of piperidine rings is 1. The minimum atomic E-state index is 0.654. The molecular weight excluding hydrogens is 268 g/mol. The number of rotatable bonds is 5. The molecule has 0 radical (unpaired) electrons. The van der Waals surface area contributed by atoms with E-state index in [0.717, 1.165) is 55.9 Å². The van der Waals surface area contributed by atoms with Crippen molar-refractivity contribution in [3.8, 4) is 0 Å². The number of aromatic amines is 1. The van der Waals surface area contributed by atoms with Crippen LogP contribution in [0, 0.1) is 5.92 Å². The number of aromatic nitrogens is 4. The van der Waals surface area contributed by atoms with Gasteiger partial charge in [-0.25, -0.2) is 0 Å². The summed E-state index contributed by atoms with van der Waals surface area (Å²) in [6.45, 7) is 5.68. The number of methoxy groups -OCH3 is 1. The van der Waals surface area contributed by atoms with E-state index in [2.05, 4.69) is 30.4 Å². The average Bonchev–Trinajstić information content (AvgIpc) is 2.96. The highest BCUT2D eigenvalue weighted by Crippen LogP contribution is 2.28. The fourth-order valence-electron chi connectivity index (χ4n) is 2.84. The first kappa shape index (κ1) is 14.1. The molecule has 0 atom stereocenters. The molecular formula is C14H22N6O. The van der Waals surface area contributed by atoms with Crippen molar-refractivity contribution >= 4 is 22.8 Å². The van der Waals surface area contributed by atoms with Crippen molar-refractivity contribution in [3.63, 3.8) is 0 Å². The zero-order valence-electron chi connectivity index (χ0n) is 12.6. The molecule has 2 N–H and O–H groups in total. The van der Waals surface area contributed by atoms with E-state index < -0.39 is 0 Å². The van der Waals surface area contributed by atoms with Gasteiger partial charge in [-0.2, -0.15) is 15.1 Å². The molecule has 0 saturated carbocycles. The molecule has 1 fully saturated rings. The summed E-state index contributed by atoms with van der Waals surface area (Å²) < 4.78 is 5.26. The lowest BCUT2D eigenvalue weighted by Crippen LogP contribution is -2.35. The van der Waals surface area contributed by atoms with E-state index in [0.29, 0.717) is 11.9 Å². The number of nitrogens with one attached hydrogen (secondary N) is 2. The van der Waals surface area contributed by atoms with Crippen molar-refractivity contribution in [1.82, 2.24) is 20.2 Å². The number of H-pyrrole nitrogens is 1. The normalized spacial score (nSPS) is 16.6. The highest BCUT2D eigenvalue weighted by atomic mass is 16.5. The van der Waals surface area contributed by atoms with Gasteiger partial charge in [0.15, 0.2) is 5.65 Å². The summed E-state index contributed by atoms with van der Waals surface area (Å²) >= 11 is 0. The Hall–Kier alpha value is -1.89. The van der Waals surface area contributed by atoms with Gasteiger partial charge in [-0.05, 0) is 25.7 Å². The van der Waals surface area contributed by atoms with Gasteiger partial charge in [0.05, 0.1) is 11.6 Å². The van der Waals surface area contributed by atoms with Crippen LogP contribution in [-0.2, 0) is 4.74 Å². The minimum absolute atomic E-state index is 0.654. The highest BCUT2D eigenvalue weighted by Gasteiger charge is 2.22. The van der Waals surface area contributed by atoms with Crippen LogP contribution in [-0.4, -0.2) is 53.5 Å². The summed E-state index contributed by atoms with van der Waals surface area (Å²) in [5, 5.41) is 11.2. The Morgan fingerprint density at radius 3 is 2.90 bits per heavy atom. The van der Waals surface area contributed by atoms with Crippen molar-refractivity contribution in [2.45, 2.75) is 19.8 Å². The van der Waals surface area contributed by atoms with E-state index in [1.807, 2.05) is 13.1 Å². The maximum atomic E-state index is 5.26. The molecule has 1 aliphatic rings. The summed E-state index contributed by atoms with van der Waals surface area (Å²) in [5.74, 6) is 2.28. The predicted molar refractivity (Wildman–Crippen MR) is 82.7 cm³/mol. The second-order valence-electron chi connectivity index (χ2n) is 5.42. The maximum Gasteiger partial charge on any atom is 0.226 e. The first-order valence-corrected chi connectivity index (χ1v) is 7.50. The Morgan fingerprint density at radius 1 is 1.38 bits per heavy atom. The van der Waals surface area contributed by atoms with Gasteiger partial charge in [-0.3, -0.25) is 5.10 Å². The first-order valence-electron chi connectivity index (χ1n) is 7.50. The topological polar surface area (TPSA) is 79.0 Å². The van der Waals surface area contributed by atoms with Gasteiger partial charge in [0.25, 0.3) is 0 Å². The lowest BCUT2D eigenvalue weighted by molar-refractivity contribution is 0.139. The molecule has 0 aromatic carbocycles. The molecule has 2 aromatic heterocycles. The molecule has 2 aromatic rings. The molecule has 0 unspecified atom stereocenters. The van der Waals surface area contributed by atoms with Gasteiger partial charge in [-0.1, -0.05) is 0 Å². The standard InChI is InChI=1S/C14H22N6O/c1-3-15-14-17-12-11(8-16-19-12)13(18-14)20-6-4-10(5-7-20)9-21-2/h8,10H,3-7,9H2,1-2H3,(H2,15,16,17,18,19). The lowest BCUT2D eigenvalue weighted by atomic mass is 9.98. The molecule has 0 bridgehead atoms. The zero-order chi connectivity index (χ0) is 14.7. The largest absolute Gasteiger partial charge is 0.384 e. The molecule has 1 aliphatic heterocycles. The molecule has 3 heterocycles. The van der Waals surface area contributed by atoms with Crippen LogP contribution in [0.1, 0.15) is 19.8 Å². The average molecular weight is 290 g/mol. The molecule has 0 aliphatic carbocycles. The highest BCUT2D eigenvalue weighted by molar-refractivity contribution is 5.87. The SMILES string of the molecule is CCNc1nc(N2CCC(COC)CC2)c2cn[nH]c2n1. The predicted octanol–water partition coefficient (Wildman–Crippen LogP) is 1.65. The molecule has 1 saturated heterocycles. The van der Waals surface area contributed by atoms with Crippen molar-refractivity contribution in [1.29, 1.82) is 0 Å². The molecule has 7 heteroatoms. The third-order valence-corrected chi connectivity index (χ3v) is 3.94. The molecule has 114 valence electrons. The van der Waals surface area contributed by atoms with Crippen LogP contribution < -0.4 is 10.2 Å². The van der Waals surface area contributed by atoms with Gasteiger partial charge in [-0.15, -0.1) is 0 Å². The summed E-state index contributed by atoms with van der Waals surface area (Å²) in [4.78, 5) is 11.4. The smallest absolute Gasteiger partial charge is 0.226 e. The van der Waals surface area contributed by atoms with Gasteiger partial charge in [0.1, 0.15) is 5.82 Å². The van der Waals surface area contributed by atoms with Crippen LogP contribution in [0.5, 0.6) is 0 Å². The first-order chi connectivity index (χ1) is 10.3. The van der Waals surface area contributed by atoms with Crippen LogP contribution in [0.3, 0.4) is 0 Å². The second-order valence-corrected chi connectivity index (χ2v) is 5.42. The Labute approximate surface area is 124 Å². The number of nitrogens with zero attached hydrogens (tertiary/aromatic N) is 4. The Morgan fingerprint density at radius 2 is 2.19 bits per heavy atom. The van der Waals surface area contributed by atoms with E-state index in [1.54, 1.807) is 7.11 Å². The van der Waals surface area contributed by atoms with Crippen LogP contribution in [0.4, 0.5) is 11.8 Å². The number of hydrogen-bond acceptors (Lipinski definition) is 6. The summed E-state index contributed by atoms with van der Waals surface area (Å²) in [7, 11) is 1.77. The molecule has 0 amide bonds. The number of fused-ring (bicyclic) bond motifs is 1. The third-order valence-electron chi connectivity index (χ3n) is 3.94. The fraction of sp³-hybridized carbons (Fsp3) is 0.643. The summed E-state index contributed by atoms with van der Waals surface area (Å²) in [6, 6.07) is 0. The van der Waals surface area contributed by atoms with Crippen LogP contribution in [0.2, 0.25) is 0 Å². The number of ether oxygens (including phenoxy) is 1. The van der Waals surface area contributed by atoms with Gasteiger partial charge in [0.2, 0.25) is 5.95 Å². The van der Waals surface area contributed by atoms with Crippen molar-refractivity contribution in [2.75, 3.05) is 43.6 Å². The van der Waals surface area contributed by atoms with Crippen molar-refractivity contribution < 1.29 is 4.74 Å². The van der Waals surface area contributed by atoms with E-state index in [4.69, 9.17) is 4.74 Å². The van der Waals surface area contributed by atoms with E-state index >= 15 is 0 Å². The van der Waals surface area contributed by atoms with Crippen LogP contribution >= 0.6 is 0 Å². The van der Waals surface area contributed by atoms with Crippen LogP contribution in [0.15, 0.2) is 6.20 Å². The summed E-state index contributed by atoms with van der Waals surface area (Å²) in [5.41, 5.74) is 0.787. The maximum absolute atomic E-state index is 5.26. The van der Waals surface area contributed by atoms with Crippen molar-refractivity contribution in [3.05, 3.63) is 6.20 Å². The molecule has 7 nitrogen and oxygen atoms in total. The van der Waals surface area contributed by atoms with E-state index in [1.165, 1.54) is 0 Å². The molecule has 21 heavy (non-hydrogen) atoms. The van der Waals surface area contributed by atoms with Gasteiger partial charge >= 0.3 is 0 Å². The quantitative estimate of drug-likeness (QED) is 0.871. The zero-order valence-corrected chi connectivity index (χ0v) is 12.6. The lowest BCUT2D eigenvalue weighted by Gasteiger charge is -2.32. The monoisotopic (exact) mass is 290 g/mol. The summed E-state index contributed by atoms with van der Waals surface area (Å²) in [6.07, 6.45) is 4.07. The van der Waals surface area contributed by atoms with Gasteiger partial charge in [0, 0.05) is 33.4 Å². The van der Waals surface area contributed by atoms with Gasteiger partial charge < -0.3 is 15.0 Å². The Bertz CT molecular complexity index is 590. The number of hydrogen-bond donors (Lipinski definition) is 2. The van der Waals surface area contributed by atoms with E-state index in [9.17, 15) is 0 Å². The van der Waals surface area contributed by atoms with Crippen molar-refractivity contribution in [2.24, 2.45) is 5.92 Å². The fourth-order valence-corrected chi connectivity index (χ4v) is 2.84. The Balaban J connectivity index is 1.84. The molecule has 3 rings (SSSR count). The third kappa shape index (κ3) is 2.92. The number of anilines is 2. The molecule has 0 spiro atoms. The van der Waals surface area contributed by atoms with Crippen LogP contribution in [0.25, 0.3) is 11.0 Å². The second kappa shape index (κ2) is 6.26. The Kier molecular flexibility index (Phi) is 4.19. The minimum Gasteiger partial charge on any atom is -0.384 e. The van der Waals surface area contributed by atoms with E-state index in [-0.39, 0.29) is 0 Å².